The number of ether oxygens (including phenoxy) is 4. The summed E-state index contributed by atoms with van der Waals surface area (Å²) in [7, 11) is 1.24. The molecule has 4 aromatic rings. The van der Waals surface area contributed by atoms with Crippen LogP contribution in [0, 0.1) is 24.6 Å². The standard InChI is InChI=1S/C51H56FN7O17/c1-6-51(72)27-13-32-39-25(16-58(32)44(65)26(27)19-73-49(51)70)38-29(9-8-23-21(4)28(52)14-31(55-39)37(23)38)56-50(71)74-18-22-7-10-34(75-48-42(64)40(62)41(63)43(76-48)47(68)69)30(11-22)54-35(60)17-57(5)46(67)33(15-53)59-36(61)12-24(20(2)3)45(59)66/h7,10-11,13-14,20,24,29,33,40-43,48,62-64,72H,6,8-9,12,15-19,53H2,1-5H3,(H,54,60)(H,56,71)(H,68,69)/t24?,29-,33-,40-,41-,42?,43?,48+,51-/m0/s1. The van der Waals surface area contributed by atoms with Crippen LogP contribution in [0.3, 0.4) is 0 Å². The number of nitrogens with zero attached hydrogens (tertiary/aromatic N) is 4. The molecule has 0 spiro atoms. The fraction of sp³-hybridized carbons (Fsp3) is 0.471. The Hall–Kier alpha value is -7.42. The molecule has 0 bridgehead atoms. The number of carboxylic acids is 1. The number of hydrogen-bond acceptors (Lipinski definition) is 18. The van der Waals surface area contributed by atoms with Crippen molar-refractivity contribution in [1.82, 2.24) is 24.7 Å². The van der Waals surface area contributed by atoms with Crippen LogP contribution in [0.4, 0.5) is 14.9 Å². The smallest absolute Gasteiger partial charge is 0.407 e. The molecule has 9 atom stereocenters. The molecule has 9 N–H and O–H groups in total. The molecule has 5 aliphatic rings. The first-order valence-corrected chi connectivity index (χ1v) is 24.6. The number of benzene rings is 2. The summed E-state index contributed by atoms with van der Waals surface area (Å²) < 4.78 is 39.0. The Balaban J connectivity index is 0.974. The van der Waals surface area contributed by atoms with Crippen LogP contribution in [0.25, 0.3) is 22.3 Å². The zero-order chi connectivity index (χ0) is 55.0. The van der Waals surface area contributed by atoms with E-state index in [1.165, 1.54) is 41.9 Å². The van der Waals surface area contributed by atoms with E-state index in [0.29, 0.717) is 34.1 Å². The highest BCUT2D eigenvalue weighted by molar-refractivity contribution is 6.07. The summed E-state index contributed by atoms with van der Waals surface area (Å²) in [5.74, 6) is -7.11. The summed E-state index contributed by atoms with van der Waals surface area (Å²) in [4.78, 5) is 113. The van der Waals surface area contributed by atoms with Crippen molar-refractivity contribution in [2.45, 2.75) is 122 Å². The van der Waals surface area contributed by atoms with Gasteiger partial charge < -0.3 is 70.3 Å². The predicted molar refractivity (Wildman–Crippen MR) is 259 cm³/mol. The summed E-state index contributed by atoms with van der Waals surface area (Å²) in [6.45, 7) is 4.77. The maximum atomic E-state index is 15.5. The van der Waals surface area contributed by atoms with Gasteiger partial charge in [0.2, 0.25) is 29.9 Å². The van der Waals surface area contributed by atoms with E-state index in [-0.39, 0.29) is 83.4 Å². The van der Waals surface area contributed by atoms with Crippen molar-refractivity contribution < 1.29 is 82.4 Å². The number of nitrogens with one attached hydrogen (secondary N) is 2. The zero-order valence-electron chi connectivity index (χ0n) is 41.8. The first kappa shape index (κ1) is 53.4. The highest BCUT2D eigenvalue weighted by Gasteiger charge is 2.50. The highest BCUT2D eigenvalue weighted by atomic mass is 19.1. The third-order valence-electron chi connectivity index (χ3n) is 15.0. The topological polar surface area (TPSA) is 349 Å². The molecule has 1 aliphatic carbocycles. The molecule has 4 aliphatic heterocycles. The second-order valence-electron chi connectivity index (χ2n) is 20.0. The van der Waals surface area contributed by atoms with Gasteiger partial charge in [-0.2, -0.15) is 0 Å². The number of amides is 5. The van der Waals surface area contributed by atoms with Gasteiger partial charge in [-0.3, -0.25) is 28.9 Å². The summed E-state index contributed by atoms with van der Waals surface area (Å²) in [6, 6.07) is 4.50. The molecule has 2 aromatic heterocycles. The van der Waals surface area contributed by atoms with Crippen LogP contribution in [0.1, 0.15) is 85.0 Å². The van der Waals surface area contributed by atoms with Crippen LogP contribution in [0.2, 0.25) is 0 Å². The molecule has 76 heavy (non-hydrogen) atoms. The Labute approximate surface area is 431 Å². The molecular weight excluding hydrogens is 1000 g/mol. The van der Waals surface area contributed by atoms with Crippen LogP contribution < -0.4 is 26.7 Å². The average Bonchev–Trinajstić information content (AvgIpc) is 3.97. The molecule has 0 radical (unpaired) electrons. The molecule has 2 aromatic carbocycles. The normalized spacial score (nSPS) is 24.9. The number of halogens is 1. The number of aryl methyl sites for hydroxylation is 1. The number of carbonyl (C=O) groups excluding carboxylic acids is 6. The molecule has 25 heteroatoms. The maximum absolute atomic E-state index is 15.5. The SMILES string of the molecule is CC[C@@]1(O)C(=O)OCc2c1cc1n(c2=O)Cc2c-1nc1cc(F)c(C)c3c1c2[C@@H](NC(=O)OCc1ccc(O[C@@H]2OC(C(=O)O)[C@@H](O)[C@H](O)C2O)c(NC(=O)CN(C)C(=O)[C@H](CN)N2C(=O)CC(C(C)C)C2=O)c1)CC3. The van der Waals surface area contributed by atoms with E-state index >= 15 is 4.39 Å². The second-order valence-corrected chi connectivity index (χ2v) is 20.0. The van der Waals surface area contributed by atoms with Gasteiger partial charge in [0.15, 0.2) is 11.7 Å². The van der Waals surface area contributed by atoms with Crippen molar-refractivity contribution >= 4 is 58.3 Å². The number of hydrogen-bond donors (Lipinski definition) is 8. The van der Waals surface area contributed by atoms with E-state index in [2.05, 4.69) is 10.6 Å². The summed E-state index contributed by atoms with van der Waals surface area (Å²) in [6.07, 6.45) is -10.6. The number of aliphatic carboxylic acids is 1. The van der Waals surface area contributed by atoms with Gasteiger partial charge in [0.05, 0.1) is 47.3 Å². The molecule has 2 fully saturated rings. The van der Waals surface area contributed by atoms with Gasteiger partial charge in [-0.1, -0.05) is 26.8 Å². The lowest BCUT2D eigenvalue weighted by Gasteiger charge is -2.38. The minimum absolute atomic E-state index is 0.0208. The highest BCUT2D eigenvalue weighted by Crippen LogP contribution is 2.46. The number of imide groups is 1. The summed E-state index contributed by atoms with van der Waals surface area (Å²) in [5.41, 5.74) is 6.41. The fourth-order valence-electron chi connectivity index (χ4n) is 10.8. The van der Waals surface area contributed by atoms with E-state index in [9.17, 15) is 63.9 Å². The fourth-order valence-corrected chi connectivity index (χ4v) is 10.8. The van der Waals surface area contributed by atoms with Gasteiger partial charge in [-0.15, -0.1) is 0 Å². The Morgan fingerprint density at radius 1 is 1.04 bits per heavy atom. The third-order valence-corrected chi connectivity index (χ3v) is 15.0. The zero-order valence-corrected chi connectivity index (χ0v) is 41.8. The average molecular weight is 1060 g/mol. The second kappa shape index (κ2) is 20.3. The predicted octanol–water partition coefficient (Wildman–Crippen LogP) is 0.467. The number of alkyl carbamates (subject to hydrolysis) is 1. The number of aliphatic hydroxyl groups is 4. The number of likely N-dealkylation sites (tertiary alicyclic amines) is 1. The number of likely N-dealkylation sites (N-methyl/N-ethyl adjacent to an activating group) is 1. The lowest BCUT2D eigenvalue weighted by molar-refractivity contribution is -0.271. The number of anilines is 1. The molecule has 3 unspecified atom stereocenters. The van der Waals surface area contributed by atoms with Gasteiger partial charge in [-0.05, 0) is 72.6 Å². The minimum Gasteiger partial charge on any atom is -0.479 e. The number of fused-ring (bicyclic) bond motifs is 5. The van der Waals surface area contributed by atoms with Crippen LogP contribution in [0.5, 0.6) is 5.75 Å². The molecule has 0 saturated carbocycles. The number of aromatic nitrogens is 2. The van der Waals surface area contributed by atoms with Crippen molar-refractivity contribution in [1.29, 1.82) is 0 Å². The van der Waals surface area contributed by atoms with Crippen molar-refractivity contribution in [3.63, 3.8) is 0 Å². The van der Waals surface area contributed by atoms with E-state index in [1.54, 1.807) is 27.7 Å². The Morgan fingerprint density at radius 2 is 1.78 bits per heavy atom. The molecule has 5 amide bonds. The molecule has 9 rings (SSSR count). The minimum atomic E-state index is -2.10. The molecule has 24 nitrogen and oxygen atoms in total. The van der Waals surface area contributed by atoms with Crippen LogP contribution in [-0.2, 0) is 74.8 Å². The first-order valence-electron chi connectivity index (χ1n) is 24.6. The molecule has 6 heterocycles. The number of nitrogens with two attached hydrogens (primary N) is 1. The number of rotatable bonds is 14. The molecule has 404 valence electrons. The maximum Gasteiger partial charge on any atom is 0.407 e. The third kappa shape index (κ3) is 9.08. The van der Waals surface area contributed by atoms with E-state index in [0.717, 1.165) is 9.80 Å². The molecular formula is C51H56FN7O17. The Morgan fingerprint density at radius 3 is 2.45 bits per heavy atom. The van der Waals surface area contributed by atoms with E-state index in [1.807, 2.05) is 0 Å². The number of esters is 1. The van der Waals surface area contributed by atoms with Gasteiger partial charge in [-0.25, -0.2) is 23.8 Å². The van der Waals surface area contributed by atoms with Crippen LogP contribution in [-0.4, -0.2) is 143 Å². The van der Waals surface area contributed by atoms with Crippen LogP contribution >= 0.6 is 0 Å². The van der Waals surface area contributed by atoms with E-state index in [4.69, 9.17) is 29.7 Å². The largest absolute Gasteiger partial charge is 0.479 e. The monoisotopic (exact) mass is 1060 g/mol. The lowest BCUT2D eigenvalue weighted by atomic mass is 9.81. The summed E-state index contributed by atoms with van der Waals surface area (Å²) >= 11 is 0. The van der Waals surface area contributed by atoms with Gasteiger partial charge >= 0.3 is 18.0 Å². The number of cyclic esters (lactones) is 1. The number of carbonyl (C=O) groups is 7. The number of pyridine rings is 2. The first-order chi connectivity index (χ1) is 36.0. The number of aliphatic hydroxyl groups excluding tert-OH is 3. The van der Waals surface area contributed by atoms with Crippen molar-refractivity contribution in [3.8, 4) is 17.1 Å². The van der Waals surface area contributed by atoms with Gasteiger partial charge in [0.25, 0.3) is 5.56 Å². The Bertz CT molecular complexity index is 3200. The quantitative estimate of drug-likeness (QED) is 0.0553. The Kier molecular flexibility index (Phi) is 14.2. The van der Waals surface area contributed by atoms with Crippen molar-refractivity contribution in [2.75, 3.05) is 25.5 Å². The van der Waals surface area contributed by atoms with Crippen molar-refractivity contribution in [2.24, 2.45) is 17.6 Å². The molecule has 2 saturated heterocycles. The van der Waals surface area contributed by atoms with Crippen molar-refractivity contribution in [3.05, 3.63) is 85.4 Å². The van der Waals surface area contributed by atoms with Gasteiger partial charge in [0, 0.05) is 48.5 Å². The van der Waals surface area contributed by atoms with E-state index < -0.39 is 127 Å². The summed E-state index contributed by atoms with van der Waals surface area (Å²) in [5, 5.41) is 58.6. The number of carboxylic acid groups (broad SMARTS) is 1. The lowest BCUT2D eigenvalue weighted by Crippen LogP contribution is -2.61. The van der Waals surface area contributed by atoms with Gasteiger partial charge in [0.1, 0.15) is 49.1 Å². The van der Waals surface area contributed by atoms with Crippen LogP contribution in [0.15, 0.2) is 35.1 Å².